The third kappa shape index (κ3) is 4.34. The molecular weight excluding hydrogens is 572 g/mol. The van der Waals surface area contributed by atoms with Gasteiger partial charge >= 0.3 is 21.1 Å². The Kier molecular flexibility index (Phi) is 9.58. The topological polar surface area (TPSA) is 166 Å². The van der Waals surface area contributed by atoms with Gasteiger partial charge in [-0.3, -0.25) is 4.79 Å². The number of phenolic OH excluding ortho intramolecular Hbond substituents is 4. The van der Waals surface area contributed by atoms with Crippen molar-refractivity contribution in [3.63, 3.8) is 0 Å². The van der Waals surface area contributed by atoms with Crippen molar-refractivity contribution < 1.29 is 75.8 Å². The van der Waals surface area contributed by atoms with Gasteiger partial charge in [-0.15, -0.1) is 0 Å². The molecule has 144 valence electrons. The molecule has 1 aromatic heterocycles. The third-order valence-corrected chi connectivity index (χ3v) is 3.17. The van der Waals surface area contributed by atoms with E-state index < -0.39 is 22.7 Å². The zero-order chi connectivity index (χ0) is 16.0. The van der Waals surface area contributed by atoms with Crippen molar-refractivity contribution in [3.8, 4) is 40.1 Å². The van der Waals surface area contributed by atoms with E-state index in [1.165, 1.54) is 6.07 Å². The Labute approximate surface area is 173 Å². The average Bonchev–Trinajstić information content (AvgIpc) is 2.45. The van der Waals surface area contributed by atoms with Gasteiger partial charge in [-0.05, 0) is 18.2 Å². The van der Waals surface area contributed by atoms with Gasteiger partial charge in [-0.1, -0.05) is 0 Å². The Balaban J connectivity index is 0. The van der Waals surface area contributed by atoms with Crippen LogP contribution in [0.4, 0.5) is 0 Å². The first-order chi connectivity index (χ1) is 10.4. The molecular formula is C15H13Cl2NO7Pt. The number of aromatic hydroxyl groups is 5. The molecule has 0 fully saturated rings. The summed E-state index contributed by atoms with van der Waals surface area (Å²) in [6.45, 7) is 0. The predicted molar refractivity (Wildman–Crippen MR) is 81.3 cm³/mol. The van der Waals surface area contributed by atoms with Crippen LogP contribution in [0.1, 0.15) is 0 Å². The summed E-state index contributed by atoms with van der Waals surface area (Å²) in [7, 11) is 0. The molecule has 8 nitrogen and oxygen atoms in total. The Morgan fingerprint density at radius 1 is 0.808 bits per heavy atom. The van der Waals surface area contributed by atoms with E-state index in [9.17, 15) is 30.3 Å². The van der Waals surface area contributed by atoms with Gasteiger partial charge in [-0.2, -0.15) is 0 Å². The van der Waals surface area contributed by atoms with Crippen LogP contribution in [-0.2, 0) is 21.1 Å². The molecule has 0 aliphatic rings. The molecule has 0 radical (unpaired) electrons. The van der Waals surface area contributed by atoms with Crippen molar-refractivity contribution in [2.24, 2.45) is 0 Å². The van der Waals surface area contributed by atoms with Crippen molar-refractivity contribution in [2.75, 3.05) is 0 Å². The largest absolute Gasteiger partial charge is 2.00 e. The summed E-state index contributed by atoms with van der Waals surface area (Å²) in [4.78, 5) is 12.1. The molecule has 0 unspecified atom stereocenters. The fourth-order valence-electron chi connectivity index (χ4n) is 2.14. The minimum Gasteiger partial charge on any atom is -1.00 e. The van der Waals surface area contributed by atoms with E-state index in [4.69, 9.17) is 4.42 Å². The van der Waals surface area contributed by atoms with Gasteiger partial charge in [0.25, 0.3) is 0 Å². The van der Waals surface area contributed by atoms with Gasteiger partial charge in [0.15, 0.2) is 17.3 Å². The Hall–Kier alpha value is -2.12. The summed E-state index contributed by atoms with van der Waals surface area (Å²) < 4.78 is 5.35. The van der Waals surface area contributed by atoms with Crippen molar-refractivity contribution in [3.05, 3.63) is 40.6 Å². The van der Waals surface area contributed by atoms with Crippen LogP contribution in [0, 0.1) is 0 Å². The maximum absolute atomic E-state index is 12.1. The second-order valence-corrected chi connectivity index (χ2v) is 4.65. The summed E-state index contributed by atoms with van der Waals surface area (Å²) in [5, 5.41) is 47.6. The summed E-state index contributed by atoms with van der Waals surface area (Å²) >= 11 is 0. The fraction of sp³-hybridized carbons (Fsp3) is 0. The van der Waals surface area contributed by atoms with E-state index in [2.05, 4.69) is 0 Å². The SMILES string of the molecule is N.O=c1c(O)c(-c2ccc(O)c(O)c2)oc2cc(O)cc(O)c12.[Cl-].[Cl-].[Pt+2]. The number of fused-ring (bicyclic) bond motifs is 1. The number of hydrogen-bond donors (Lipinski definition) is 6. The van der Waals surface area contributed by atoms with Crippen molar-refractivity contribution in [1.29, 1.82) is 0 Å². The number of phenols is 4. The third-order valence-electron chi connectivity index (χ3n) is 3.17. The molecule has 3 rings (SSSR count). The van der Waals surface area contributed by atoms with Gasteiger partial charge in [0.2, 0.25) is 11.2 Å². The van der Waals surface area contributed by atoms with Crippen LogP contribution in [0.5, 0.6) is 28.7 Å². The van der Waals surface area contributed by atoms with Crippen LogP contribution in [0.15, 0.2) is 39.5 Å². The summed E-state index contributed by atoms with van der Waals surface area (Å²) in [6.07, 6.45) is 0. The molecule has 8 N–H and O–H groups in total. The molecule has 26 heavy (non-hydrogen) atoms. The van der Waals surface area contributed by atoms with Gasteiger partial charge in [0, 0.05) is 17.7 Å². The van der Waals surface area contributed by atoms with Crippen LogP contribution in [-0.4, -0.2) is 25.5 Å². The van der Waals surface area contributed by atoms with Gasteiger partial charge < -0.3 is 60.9 Å². The molecule has 0 amide bonds. The minimum absolute atomic E-state index is 0. The van der Waals surface area contributed by atoms with E-state index in [0.717, 1.165) is 24.3 Å². The molecule has 3 aromatic rings. The standard InChI is InChI=1S/C15H10O7.2ClH.H3N.Pt/c16-7-4-10(19)12-11(5-7)22-15(14(21)13(12)20)6-1-2-8(17)9(18)3-6;;;;/h1-5,16-19,21H;2*1H;1H3;/q;;;;+2/p-2. The molecule has 0 saturated heterocycles. The second kappa shape index (κ2) is 9.54. The second-order valence-electron chi connectivity index (χ2n) is 4.65. The van der Waals surface area contributed by atoms with E-state index in [1.807, 2.05) is 0 Å². The first-order valence-corrected chi connectivity index (χ1v) is 6.12. The number of benzene rings is 2. The maximum atomic E-state index is 12.1. The van der Waals surface area contributed by atoms with Crippen molar-refractivity contribution >= 4 is 11.0 Å². The number of halogens is 2. The minimum atomic E-state index is -0.888. The fourth-order valence-corrected chi connectivity index (χ4v) is 2.14. The zero-order valence-corrected chi connectivity index (χ0v) is 16.5. The smallest absolute Gasteiger partial charge is 1.00 e. The van der Waals surface area contributed by atoms with Gasteiger partial charge in [-0.25, -0.2) is 0 Å². The summed E-state index contributed by atoms with van der Waals surface area (Å²) in [5.74, 6) is -2.71. The van der Waals surface area contributed by atoms with Crippen LogP contribution < -0.4 is 36.4 Å². The van der Waals surface area contributed by atoms with Crippen molar-refractivity contribution in [2.45, 2.75) is 0 Å². The zero-order valence-electron chi connectivity index (χ0n) is 12.7. The Morgan fingerprint density at radius 2 is 1.42 bits per heavy atom. The van der Waals surface area contributed by atoms with E-state index in [-0.39, 0.29) is 85.8 Å². The van der Waals surface area contributed by atoms with Crippen LogP contribution in [0.2, 0.25) is 0 Å². The van der Waals surface area contributed by atoms with Crippen molar-refractivity contribution in [1.82, 2.24) is 6.15 Å². The summed E-state index contributed by atoms with van der Waals surface area (Å²) in [6, 6.07) is 5.64. The number of rotatable bonds is 1. The number of hydrogen-bond acceptors (Lipinski definition) is 8. The van der Waals surface area contributed by atoms with Gasteiger partial charge in [0.1, 0.15) is 22.5 Å². The van der Waals surface area contributed by atoms with Crippen LogP contribution in [0.25, 0.3) is 22.3 Å². The molecule has 0 atom stereocenters. The molecule has 0 spiro atoms. The maximum Gasteiger partial charge on any atom is 2.00 e. The molecule has 0 saturated carbocycles. The Bertz CT molecular complexity index is 978. The molecule has 0 aliphatic carbocycles. The van der Waals surface area contributed by atoms with E-state index in [1.54, 1.807) is 0 Å². The van der Waals surface area contributed by atoms with E-state index >= 15 is 0 Å². The first kappa shape index (κ1) is 26.1. The average molecular weight is 585 g/mol. The normalized spacial score (nSPS) is 9.23. The quantitative estimate of drug-likeness (QED) is 0.158. The summed E-state index contributed by atoms with van der Waals surface area (Å²) in [5.41, 5.74) is -0.890. The molecule has 2 aromatic carbocycles. The van der Waals surface area contributed by atoms with E-state index in [0.29, 0.717) is 0 Å². The Morgan fingerprint density at radius 3 is 2.00 bits per heavy atom. The van der Waals surface area contributed by atoms with Crippen LogP contribution >= 0.6 is 0 Å². The monoisotopic (exact) mass is 584 g/mol. The molecule has 1 heterocycles. The first-order valence-electron chi connectivity index (χ1n) is 6.12. The predicted octanol–water partition coefficient (Wildman–Crippen LogP) is -3.84. The molecule has 0 bridgehead atoms. The molecule has 0 aliphatic heterocycles. The van der Waals surface area contributed by atoms with Crippen LogP contribution in [0.3, 0.4) is 0 Å². The van der Waals surface area contributed by atoms with Gasteiger partial charge in [0.05, 0.1) is 0 Å². The molecule has 11 heteroatoms.